The zero-order valence-corrected chi connectivity index (χ0v) is 13.3. The average molecular weight is 289 g/mol. The zero-order chi connectivity index (χ0) is 14.9. The molecule has 4 heteroatoms. The number of methoxy groups -OCH3 is 1. The van der Waals surface area contributed by atoms with Crippen molar-refractivity contribution in [2.75, 3.05) is 20.3 Å². The predicted molar refractivity (Wildman–Crippen MR) is 87.5 cm³/mol. The number of aromatic nitrogens is 2. The van der Waals surface area contributed by atoms with E-state index in [2.05, 4.69) is 41.1 Å². The van der Waals surface area contributed by atoms with Gasteiger partial charge in [-0.15, -0.1) is 0 Å². The Bertz CT molecular complexity index is 536. The van der Waals surface area contributed by atoms with Crippen molar-refractivity contribution < 1.29 is 4.74 Å². The van der Waals surface area contributed by atoms with Crippen LogP contribution in [0.5, 0.6) is 0 Å². The molecular formula is C17H27N3O. The molecule has 1 aromatic heterocycles. The fraction of sp³-hybridized carbons (Fsp3) is 0.588. The van der Waals surface area contributed by atoms with Crippen molar-refractivity contribution in [1.82, 2.24) is 14.9 Å². The summed E-state index contributed by atoms with van der Waals surface area (Å²) in [7, 11) is 1.76. The van der Waals surface area contributed by atoms with Gasteiger partial charge in [-0.25, -0.2) is 4.98 Å². The van der Waals surface area contributed by atoms with Crippen molar-refractivity contribution in [1.29, 1.82) is 0 Å². The highest BCUT2D eigenvalue weighted by molar-refractivity contribution is 5.75. The zero-order valence-electron chi connectivity index (χ0n) is 13.3. The molecule has 21 heavy (non-hydrogen) atoms. The molecule has 1 N–H and O–H groups in total. The van der Waals surface area contributed by atoms with E-state index in [0.29, 0.717) is 0 Å². The summed E-state index contributed by atoms with van der Waals surface area (Å²) in [5, 5.41) is 3.51. The molecule has 0 spiro atoms. The summed E-state index contributed by atoms with van der Waals surface area (Å²) in [5.41, 5.74) is 2.35. The molecule has 116 valence electrons. The first-order valence-electron chi connectivity index (χ1n) is 8.00. The summed E-state index contributed by atoms with van der Waals surface area (Å²) in [5.74, 6) is 1.15. The standard InChI is InChI=1S/C17H27N3O/c1-3-12-20-16-10-6-5-9-15(16)19-17(20)14-18-11-7-4-8-13-21-2/h5-6,9-10,18H,3-4,7-8,11-14H2,1-2H3. The Labute approximate surface area is 127 Å². The minimum atomic E-state index is 0.846. The summed E-state index contributed by atoms with van der Waals surface area (Å²) < 4.78 is 7.40. The SMILES string of the molecule is CCCn1c(CNCCCCCOC)nc2ccccc21. The lowest BCUT2D eigenvalue weighted by Gasteiger charge is -2.09. The van der Waals surface area contributed by atoms with Crippen LogP contribution in [0.15, 0.2) is 24.3 Å². The van der Waals surface area contributed by atoms with E-state index in [9.17, 15) is 0 Å². The quantitative estimate of drug-likeness (QED) is 0.682. The number of nitrogens with zero attached hydrogens (tertiary/aromatic N) is 2. The van der Waals surface area contributed by atoms with Crippen LogP contribution in [0.2, 0.25) is 0 Å². The number of hydrogen-bond acceptors (Lipinski definition) is 3. The first-order chi connectivity index (χ1) is 10.4. The first-order valence-corrected chi connectivity index (χ1v) is 8.00. The van der Waals surface area contributed by atoms with Crippen LogP contribution >= 0.6 is 0 Å². The number of aryl methyl sites for hydroxylation is 1. The molecule has 4 nitrogen and oxygen atoms in total. The van der Waals surface area contributed by atoms with Crippen LogP contribution in [0.4, 0.5) is 0 Å². The van der Waals surface area contributed by atoms with Crippen molar-refractivity contribution in [3.8, 4) is 0 Å². The van der Waals surface area contributed by atoms with E-state index in [-0.39, 0.29) is 0 Å². The van der Waals surface area contributed by atoms with Crippen LogP contribution in [0, 0.1) is 0 Å². The Hall–Kier alpha value is -1.39. The van der Waals surface area contributed by atoms with Gasteiger partial charge in [0.05, 0.1) is 17.6 Å². The number of unbranched alkanes of at least 4 members (excludes halogenated alkanes) is 2. The summed E-state index contributed by atoms with van der Waals surface area (Å²) in [6.45, 7) is 6.00. The number of benzene rings is 1. The van der Waals surface area contributed by atoms with Gasteiger partial charge in [0.2, 0.25) is 0 Å². The topological polar surface area (TPSA) is 39.1 Å². The van der Waals surface area contributed by atoms with E-state index in [1.54, 1.807) is 7.11 Å². The van der Waals surface area contributed by atoms with E-state index in [4.69, 9.17) is 9.72 Å². The number of para-hydroxylation sites is 2. The van der Waals surface area contributed by atoms with E-state index in [1.807, 2.05) is 0 Å². The molecule has 0 aliphatic rings. The normalized spacial score (nSPS) is 11.3. The molecule has 2 aromatic rings. The lowest BCUT2D eigenvalue weighted by Crippen LogP contribution is -2.18. The molecule has 0 saturated carbocycles. The van der Waals surface area contributed by atoms with E-state index in [0.717, 1.165) is 50.4 Å². The summed E-state index contributed by atoms with van der Waals surface area (Å²) in [4.78, 5) is 4.76. The molecular weight excluding hydrogens is 262 g/mol. The van der Waals surface area contributed by atoms with Crippen LogP contribution in [-0.2, 0) is 17.8 Å². The second kappa shape index (κ2) is 8.80. The molecule has 0 amide bonds. The summed E-state index contributed by atoms with van der Waals surface area (Å²) >= 11 is 0. The molecule has 0 aliphatic heterocycles. The van der Waals surface area contributed by atoms with Crippen LogP contribution in [-0.4, -0.2) is 29.8 Å². The maximum atomic E-state index is 5.06. The third-order valence-corrected chi connectivity index (χ3v) is 3.67. The van der Waals surface area contributed by atoms with Crippen LogP contribution in [0.3, 0.4) is 0 Å². The number of rotatable bonds is 10. The van der Waals surface area contributed by atoms with Gasteiger partial charge in [0.25, 0.3) is 0 Å². The fourth-order valence-electron chi connectivity index (χ4n) is 2.61. The monoisotopic (exact) mass is 289 g/mol. The molecule has 0 atom stereocenters. The lowest BCUT2D eigenvalue weighted by atomic mass is 10.2. The molecule has 0 aliphatic carbocycles. The van der Waals surface area contributed by atoms with Gasteiger partial charge in [0.15, 0.2) is 0 Å². The largest absolute Gasteiger partial charge is 0.385 e. The number of hydrogen-bond donors (Lipinski definition) is 1. The minimum Gasteiger partial charge on any atom is -0.385 e. The predicted octanol–water partition coefficient (Wildman–Crippen LogP) is 3.35. The highest BCUT2D eigenvalue weighted by Crippen LogP contribution is 2.16. The first kappa shape index (κ1) is 16.0. The van der Waals surface area contributed by atoms with Crippen LogP contribution in [0.25, 0.3) is 11.0 Å². The molecule has 0 unspecified atom stereocenters. The molecule has 0 radical (unpaired) electrons. The Morgan fingerprint density at radius 2 is 2.05 bits per heavy atom. The highest BCUT2D eigenvalue weighted by atomic mass is 16.5. The van der Waals surface area contributed by atoms with Gasteiger partial charge >= 0.3 is 0 Å². The molecule has 1 heterocycles. The number of fused-ring (bicyclic) bond motifs is 1. The second-order valence-corrected chi connectivity index (χ2v) is 5.40. The van der Waals surface area contributed by atoms with Gasteiger partial charge in [-0.05, 0) is 44.4 Å². The minimum absolute atomic E-state index is 0.846. The smallest absolute Gasteiger partial charge is 0.123 e. The Morgan fingerprint density at radius 3 is 2.86 bits per heavy atom. The maximum absolute atomic E-state index is 5.06. The molecule has 1 aromatic carbocycles. The Balaban J connectivity index is 1.87. The van der Waals surface area contributed by atoms with Gasteiger partial charge in [-0.3, -0.25) is 0 Å². The molecule has 0 fully saturated rings. The van der Waals surface area contributed by atoms with Gasteiger partial charge in [-0.1, -0.05) is 19.1 Å². The van der Waals surface area contributed by atoms with Crippen molar-refractivity contribution in [2.24, 2.45) is 0 Å². The van der Waals surface area contributed by atoms with Crippen LogP contribution in [0.1, 0.15) is 38.4 Å². The van der Waals surface area contributed by atoms with Crippen molar-refractivity contribution in [2.45, 2.75) is 45.7 Å². The third-order valence-electron chi connectivity index (χ3n) is 3.67. The van der Waals surface area contributed by atoms with Crippen molar-refractivity contribution >= 4 is 11.0 Å². The maximum Gasteiger partial charge on any atom is 0.123 e. The summed E-state index contributed by atoms with van der Waals surface area (Å²) in [6.07, 6.45) is 4.68. The summed E-state index contributed by atoms with van der Waals surface area (Å²) in [6, 6.07) is 8.39. The Morgan fingerprint density at radius 1 is 1.19 bits per heavy atom. The van der Waals surface area contributed by atoms with Gasteiger partial charge in [0.1, 0.15) is 5.82 Å². The number of ether oxygens (including phenoxy) is 1. The second-order valence-electron chi connectivity index (χ2n) is 5.40. The lowest BCUT2D eigenvalue weighted by molar-refractivity contribution is 0.192. The van der Waals surface area contributed by atoms with E-state index < -0.39 is 0 Å². The van der Waals surface area contributed by atoms with Crippen LogP contribution < -0.4 is 5.32 Å². The van der Waals surface area contributed by atoms with Gasteiger partial charge in [-0.2, -0.15) is 0 Å². The van der Waals surface area contributed by atoms with Crippen molar-refractivity contribution in [3.63, 3.8) is 0 Å². The average Bonchev–Trinajstić information content (AvgIpc) is 2.85. The van der Waals surface area contributed by atoms with Gasteiger partial charge in [0, 0.05) is 20.3 Å². The highest BCUT2D eigenvalue weighted by Gasteiger charge is 2.08. The van der Waals surface area contributed by atoms with E-state index >= 15 is 0 Å². The number of nitrogens with one attached hydrogen (secondary N) is 1. The molecule has 2 rings (SSSR count). The molecule has 0 bridgehead atoms. The molecule has 0 saturated heterocycles. The fourth-order valence-corrected chi connectivity index (χ4v) is 2.61. The van der Waals surface area contributed by atoms with Crippen molar-refractivity contribution in [3.05, 3.63) is 30.1 Å². The Kier molecular flexibility index (Phi) is 6.70. The number of imidazole rings is 1. The third kappa shape index (κ3) is 4.55. The van der Waals surface area contributed by atoms with E-state index in [1.165, 1.54) is 18.4 Å². The van der Waals surface area contributed by atoms with Gasteiger partial charge < -0.3 is 14.6 Å².